The lowest BCUT2D eigenvalue weighted by Gasteiger charge is -2.07. The van der Waals surface area contributed by atoms with Gasteiger partial charge in [-0.15, -0.1) is 0 Å². The average molecular weight is 407 g/mol. The second kappa shape index (κ2) is 9.65. The summed E-state index contributed by atoms with van der Waals surface area (Å²) in [6, 6.07) is 15.4. The van der Waals surface area contributed by atoms with Gasteiger partial charge in [-0.1, -0.05) is 18.2 Å². The summed E-state index contributed by atoms with van der Waals surface area (Å²) in [5.74, 6) is -1.36. The SMILES string of the molecule is CC(C)NC(=O)COC(=O)/C=C/c1cn(-c2ccccc2)nc1-c1ccc(F)cc1. The molecule has 154 valence electrons. The van der Waals surface area contributed by atoms with Crippen molar-refractivity contribution >= 4 is 18.0 Å². The summed E-state index contributed by atoms with van der Waals surface area (Å²) >= 11 is 0. The number of para-hydroxylation sites is 1. The highest BCUT2D eigenvalue weighted by Crippen LogP contribution is 2.25. The number of halogens is 1. The molecule has 0 bridgehead atoms. The summed E-state index contributed by atoms with van der Waals surface area (Å²) in [6.07, 6.45) is 4.57. The van der Waals surface area contributed by atoms with Gasteiger partial charge in [0.25, 0.3) is 5.91 Å². The van der Waals surface area contributed by atoms with E-state index in [9.17, 15) is 14.0 Å². The molecule has 30 heavy (non-hydrogen) atoms. The van der Waals surface area contributed by atoms with E-state index in [0.29, 0.717) is 16.8 Å². The minimum atomic E-state index is -0.647. The molecule has 7 heteroatoms. The second-order valence-electron chi connectivity index (χ2n) is 6.88. The number of hydrogen-bond donors (Lipinski definition) is 1. The number of ether oxygens (including phenoxy) is 1. The van der Waals surface area contributed by atoms with Crippen LogP contribution in [-0.2, 0) is 14.3 Å². The van der Waals surface area contributed by atoms with Gasteiger partial charge >= 0.3 is 5.97 Å². The van der Waals surface area contributed by atoms with Crippen LogP contribution in [0.25, 0.3) is 23.0 Å². The molecule has 1 heterocycles. The highest BCUT2D eigenvalue weighted by molar-refractivity contribution is 5.90. The normalized spacial score (nSPS) is 11.1. The number of carbonyl (C=O) groups is 2. The Kier molecular flexibility index (Phi) is 6.75. The van der Waals surface area contributed by atoms with Crippen LogP contribution in [0.15, 0.2) is 66.9 Å². The standard InChI is InChI=1S/C23H22FN3O3/c1-16(2)25-21(28)15-30-22(29)13-10-18-14-27(20-6-4-3-5-7-20)26-23(18)17-8-11-19(24)12-9-17/h3-14,16H,15H2,1-2H3,(H,25,28)/b13-10+. The van der Waals surface area contributed by atoms with Gasteiger partial charge in [-0.05, 0) is 56.3 Å². The third kappa shape index (κ3) is 5.64. The quantitative estimate of drug-likeness (QED) is 0.478. The summed E-state index contributed by atoms with van der Waals surface area (Å²) in [5.41, 5.74) is 2.78. The van der Waals surface area contributed by atoms with Crippen LogP contribution in [0.3, 0.4) is 0 Å². The number of hydrogen-bond acceptors (Lipinski definition) is 4. The molecule has 1 amide bonds. The van der Waals surface area contributed by atoms with Crippen molar-refractivity contribution in [1.29, 1.82) is 0 Å². The third-order valence-corrected chi connectivity index (χ3v) is 4.08. The number of nitrogens with zero attached hydrogens (tertiary/aromatic N) is 2. The molecule has 6 nitrogen and oxygen atoms in total. The molecule has 0 saturated carbocycles. The zero-order valence-electron chi connectivity index (χ0n) is 16.7. The van der Waals surface area contributed by atoms with Crippen LogP contribution in [-0.4, -0.2) is 34.3 Å². The van der Waals surface area contributed by atoms with Crippen LogP contribution in [0.1, 0.15) is 19.4 Å². The Morgan fingerprint density at radius 2 is 1.83 bits per heavy atom. The maximum absolute atomic E-state index is 13.3. The summed E-state index contributed by atoms with van der Waals surface area (Å²) < 4.78 is 20.0. The first-order chi connectivity index (χ1) is 14.4. The zero-order chi connectivity index (χ0) is 21.5. The molecular formula is C23H22FN3O3. The monoisotopic (exact) mass is 407 g/mol. The Hall–Kier alpha value is -3.74. The molecule has 0 saturated heterocycles. The number of aromatic nitrogens is 2. The van der Waals surface area contributed by atoms with E-state index in [1.165, 1.54) is 18.2 Å². The van der Waals surface area contributed by atoms with Crippen molar-refractivity contribution in [3.05, 3.63) is 78.3 Å². The Morgan fingerprint density at radius 3 is 2.50 bits per heavy atom. The summed E-state index contributed by atoms with van der Waals surface area (Å²) in [7, 11) is 0. The van der Waals surface area contributed by atoms with Crippen molar-refractivity contribution in [3.63, 3.8) is 0 Å². The molecule has 0 aliphatic heterocycles. The topological polar surface area (TPSA) is 73.2 Å². The lowest BCUT2D eigenvalue weighted by atomic mass is 10.1. The number of amides is 1. The van der Waals surface area contributed by atoms with E-state index >= 15 is 0 Å². The van der Waals surface area contributed by atoms with Crippen LogP contribution in [0.4, 0.5) is 4.39 Å². The summed E-state index contributed by atoms with van der Waals surface area (Å²) in [5, 5.41) is 7.24. The minimum absolute atomic E-state index is 0.0335. The molecule has 1 aromatic heterocycles. The predicted octanol–water partition coefficient (Wildman–Crippen LogP) is 3.76. The van der Waals surface area contributed by atoms with Crippen molar-refractivity contribution in [2.45, 2.75) is 19.9 Å². The van der Waals surface area contributed by atoms with E-state index in [2.05, 4.69) is 10.4 Å². The van der Waals surface area contributed by atoms with Gasteiger partial charge in [-0.25, -0.2) is 13.9 Å². The Bertz CT molecular complexity index is 1040. The Labute approximate surface area is 174 Å². The fraction of sp³-hybridized carbons (Fsp3) is 0.174. The van der Waals surface area contributed by atoms with Gasteiger partial charge in [0.1, 0.15) is 5.82 Å². The van der Waals surface area contributed by atoms with Crippen molar-refractivity contribution in [2.75, 3.05) is 6.61 Å². The fourth-order valence-electron chi connectivity index (χ4n) is 2.76. The summed E-state index contributed by atoms with van der Waals surface area (Å²) in [6.45, 7) is 3.29. The van der Waals surface area contributed by atoms with Crippen molar-refractivity contribution in [3.8, 4) is 16.9 Å². The maximum atomic E-state index is 13.3. The lowest BCUT2D eigenvalue weighted by molar-refractivity contribution is -0.143. The minimum Gasteiger partial charge on any atom is -0.452 e. The molecule has 0 aliphatic carbocycles. The lowest BCUT2D eigenvalue weighted by Crippen LogP contribution is -2.33. The molecule has 2 aromatic carbocycles. The van der Waals surface area contributed by atoms with Crippen LogP contribution in [0, 0.1) is 5.82 Å². The summed E-state index contributed by atoms with van der Waals surface area (Å²) in [4.78, 5) is 23.6. The third-order valence-electron chi connectivity index (χ3n) is 4.08. The highest BCUT2D eigenvalue weighted by Gasteiger charge is 2.12. The van der Waals surface area contributed by atoms with Gasteiger partial charge < -0.3 is 10.1 Å². The molecular weight excluding hydrogens is 385 g/mol. The molecule has 3 rings (SSSR count). The van der Waals surface area contributed by atoms with Gasteiger partial charge in [0.15, 0.2) is 6.61 Å². The van der Waals surface area contributed by atoms with Crippen LogP contribution in [0.5, 0.6) is 0 Å². The van der Waals surface area contributed by atoms with E-state index in [4.69, 9.17) is 4.74 Å². The van der Waals surface area contributed by atoms with Crippen molar-refractivity contribution in [1.82, 2.24) is 15.1 Å². The maximum Gasteiger partial charge on any atom is 0.331 e. The smallest absolute Gasteiger partial charge is 0.331 e. The number of benzene rings is 2. The first-order valence-electron chi connectivity index (χ1n) is 9.47. The predicted molar refractivity (Wildman–Crippen MR) is 112 cm³/mol. The molecule has 0 unspecified atom stereocenters. The fourth-order valence-corrected chi connectivity index (χ4v) is 2.76. The van der Waals surface area contributed by atoms with Gasteiger partial charge in [-0.2, -0.15) is 5.10 Å². The Balaban J connectivity index is 1.82. The molecule has 0 aliphatic rings. The van der Waals surface area contributed by atoms with E-state index < -0.39 is 5.97 Å². The molecule has 3 aromatic rings. The molecule has 0 fully saturated rings. The number of esters is 1. The van der Waals surface area contributed by atoms with E-state index in [0.717, 1.165) is 5.69 Å². The molecule has 0 radical (unpaired) electrons. The van der Waals surface area contributed by atoms with E-state index in [-0.39, 0.29) is 24.4 Å². The van der Waals surface area contributed by atoms with Crippen LogP contribution < -0.4 is 5.32 Å². The average Bonchev–Trinajstić information content (AvgIpc) is 3.16. The largest absolute Gasteiger partial charge is 0.452 e. The van der Waals surface area contributed by atoms with Crippen LogP contribution >= 0.6 is 0 Å². The number of nitrogens with one attached hydrogen (secondary N) is 1. The van der Waals surface area contributed by atoms with E-state index in [1.54, 1.807) is 29.1 Å². The van der Waals surface area contributed by atoms with Gasteiger partial charge in [0.05, 0.1) is 11.4 Å². The first kappa shape index (κ1) is 21.0. The molecule has 0 atom stereocenters. The van der Waals surface area contributed by atoms with Crippen LogP contribution in [0.2, 0.25) is 0 Å². The number of carbonyl (C=O) groups excluding carboxylic acids is 2. The van der Waals surface area contributed by atoms with E-state index in [1.807, 2.05) is 44.2 Å². The number of rotatable bonds is 7. The van der Waals surface area contributed by atoms with Gasteiger partial charge in [0.2, 0.25) is 0 Å². The van der Waals surface area contributed by atoms with Crippen molar-refractivity contribution in [2.24, 2.45) is 0 Å². The van der Waals surface area contributed by atoms with Gasteiger partial charge in [-0.3, -0.25) is 4.79 Å². The van der Waals surface area contributed by atoms with Gasteiger partial charge in [0, 0.05) is 29.4 Å². The highest BCUT2D eigenvalue weighted by atomic mass is 19.1. The second-order valence-corrected chi connectivity index (χ2v) is 6.88. The Morgan fingerprint density at radius 1 is 1.13 bits per heavy atom. The zero-order valence-corrected chi connectivity index (χ0v) is 16.7. The van der Waals surface area contributed by atoms with Crippen molar-refractivity contribution < 1.29 is 18.7 Å². The molecule has 0 spiro atoms. The first-order valence-corrected chi connectivity index (χ1v) is 9.47. The molecule has 1 N–H and O–H groups in total.